The van der Waals surface area contributed by atoms with Crippen molar-refractivity contribution < 1.29 is 14.7 Å². The maximum absolute atomic E-state index is 11.6. The van der Waals surface area contributed by atoms with Crippen molar-refractivity contribution in [3.8, 4) is 0 Å². The van der Waals surface area contributed by atoms with Crippen LogP contribution in [0.15, 0.2) is 6.20 Å². The van der Waals surface area contributed by atoms with Crippen LogP contribution in [0, 0.1) is 0 Å². The molecule has 0 aromatic carbocycles. The number of nitrogens with two attached hydrogens (primary N) is 1. The number of carbonyl (C=O) groups excluding carboxylic acids is 1. The van der Waals surface area contributed by atoms with Crippen LogP contribution < -0.4 is 5.73 Å². The average Bonchev–Trinajstić information content (AvgIpc) is 2.79. The van der Waals surface area contributed by atoms with Gasteiger partial charge >= 0.3 is 5.97 Å². The van der Waals surface area contributed by atoms with Crippen LogP contribution in [0.1, 0.15) is 13.3 Å². The van der Waals surface area contributed by atoms with Gasteiger partial charge in [-0.1, -0.05) is 5.21 Å². The van der Waals surface area contributed by atoms with Gasteiger partial charge in [0.2, 0.25) is 5.91 Å². The molecule has 2 saturated heterocycles. The molecule has 3 heterocycles. The fraction of sp³-hybridized carbons (Fsp3) is 0.600. The summed E-state index contributed by atoms with van der Waals surface area (Å²) in [4.78, 5) is 24.5. The predicted octanol–water partition coefficient (Wildman–Crippen LogP) is -0.623. The van der Waals surface area contributed by atoms with E-state index in [1.807, 2.05) is 6.92 Å². The van der Waals surface area contributed by atoms with Gasteiger partial charge in [-0.25, -0.2) is 9.48 Å². The summed E-state index contributed by atoms with van der Waals surface area (Å²) in [6, 6.07) is -0.839. The van der Waals surface area contributed by atoms with E-state index in [2.05, 4.69) is 10.3 Å². The molecule has 0 bridgehead atoms. The van der Waals surface area contributed by atoms with Crippen molar-refractivity contribution in [2.24, 2.45) is 0 Å². The summed E-state index contributed by atoms with van der Waals surface area (Å²) < 4.78 is 0.886. The SMILES string of the molecule is CC1(Cn2cc(N)nn2)SC2CC(=O)N2C1C(=O)O. The molecular weight excluding hydrogens is 270 g/mol. The first-order valence-electron chi connectivity index (χ1n) is 5.78. The molecule has 0 saturated carbocycles. The Morgan fingerprint density at radius 2 is 2.47 bits per heavy atom. The first kappa shape index (κ1) is 12.3. The number of carbonyl (C=O) groups is 2. The van der Waals surface area contributed by atoms with Crippen molar-refractivity contribution in [1.29, 1.82) is 0 Å². The highest BCUT2D eigenvalue weighted by Gasteiger charge is 2.60. The molecule has 102 valence electrons. The topological polar surface area (TPSA) is 114 Å². The molecule has 8 nitrogen and oxygen atoms in total. The van der Waals surface area contributed by atoms with Crippen LogP contribution in [-0.4, -0.2) is 53.0 Å². The minimum Gasteiger partial charge on any atom is -0.480 e. The number of nitrogens with zero attached hydrogens (tertiary/aromatic N) is 4. The fourth-order valence-corrected chi connectivity index (χ4v) is 4.45. The molecule has 2 fully saturated rings. The van der Waals surface area contributed by atoms with Gasteiger partial charge in [0.25, 0.3) is 0 Å². The Kier molecular flexibility index (Phi) is 2.49. The number of hydrogen-bond acceptors (Lipinski definition) is 6. The van der Waals surface area contributed by atoms with Gasteiger partial charge in [0.15, 0.2) is 5.82 Å². The zero-order chi connectivity index (χ0) is 13.8. The number of carboxylic acids is 1. The van der Waals surface area contributed by atoms with E-state index in [-0.39, 0.29) is 17.1 Å². The molecule has 0 spiro atoms. The first-order valence-corrected chi connectivity index (χ1v) is 6.66. The lowest BCUT2D eigenvalue weighted by atomic mass is 9.96. The third-order valence-corrected chi connectivity index (χ3v) is 5.03. The van der Waals surface area contributed by atoms with E-state index in [0.717, 1.165) is 0 Å². The van der Waals surface area contributed by atoms with Gasteiger partial charge in [-0.3, -0.25) is 4.79 Å². The van der Waals surface area contributed by atoms with Gasteiger partial charge in [-0.15, -0.1) is 16.9 Å². The number of β-lactam (4-membered cyclic amide) rings is 1. The standard InChI is InChI=1S/C10H13N5O3S/c1-10(4-14-3-5(11)12-13-14)8(9(17)18)15-6(16)2-7(15)19-10/h3,7-8H,2,4,11H2,1H3,(H,17,18). The Labute approximate surface area is 112 Å². The van der Waals surface area contributed by atoms with E-state index >= 15 is 0 Å². The van der Waals surface area contributed by atoms with Crippen LogP contribution in [0.2, 0.25) is 0 Å². The number of carboxylic acid groups (broad SMARTS) is 1. The van der Waals surface area contributed by atoms with Crippen molar-refractivity contribution >= 4 is 29.5 Å². The summed E-state index contributed by atoms with van der Waals surface area (Å²) in [5.74, 6) is -0.803. The van der Waals surface area contributed by atoms with Crippen molar-refractivity contribution in [1.82, 2.24) is 19.9 Å². The third-order valence-electron chi connectivity index (χ3n) is 3.48. The Hall–Kier alpha value is -1.77. The van der Waals surface area contributed by atoms with Crippen molar-refractivity contribution in [3.63, 3.8) is 0 Å². The lowest BCUT2D eigenvalue weighted by molar-refractivity contribution is -0.157. The second-order valence-corrected chi connectivity index (χ2v) is 6.68. The highest BCUT2D eigenvalue weighted by Crippen LogP contribution is 2.51. The molecule has 2 aliphatic rings. The second-order valence-electron chi connectivity index (χ2n) is 4.97. The summed E-state index contributed by atoms with van der Waals surface area (Å²) in [5.41, 5.74) is 5.50. The van der Waals surface area contributed by atoms with E-state index in [0.29, 0.717) is 13.0 Å². The molecule has 3 rings (SSSR count). The Morgan fingerprint density at radius 3 is 3.00 bits per heavy atom. The Morgan fingerprint density at radius 1 is 1.74 bits per heavy atom. The molecular formula is C10H13N5O3S. The molecule has 0 aliphatic carbocycles. The van der Waals surface area contributed by atoms with E-state index in [1.165, 1.54) is 21.3 Å². The van der Waals surface area contributed by atoms with Crippen molar-refractivity contribution in [2.45, 2.75) is 36.1 Å². The van der Waals surface area contributed by atoms with Gasteiger partial charge in [0.1, 0.15) is 6.04 Å². The lowest BCUT2D eigenvalue weighted by Crippen LogP contribution is -2.58. The molecule has 9 heteroatoms. The van der Waals surface area contributed by atoms with Gasteiger partial charge in [0.05, 0.1) is 29.3 Å². The quantitative estimate of drug-likeness (QED) is 0.710. The molecule has 3 atom stereocenters. The second kappa shape index (κ2) is 3.86. The minimum atomic E-state index is -0.987. The normalized spacial score (nSPS) is 33.1. The number of fused-ring (bicyclic) bond motifs is 1. The highest BCUT2D eigenvalue weighted by molar-refractivity contribution is 8.01. The van der Waals surface area contributed by atoms with Crippen molar-refractivity contribution in [2.75, 3.05) is 5.73 Å². The average molecular weight is 283 g/mol. The molecule has 1 aromatic rings. The zero-order valence-electron chi connectivity index (χ0n) is 10.2. The van der Waals surface area contributed by atoms with Gasteiger partial charge < -0.3 is 15.7 Å². The van der Waals surface area contributed by atoms with Gasteiger partial charge in [0, 0.05) is 0 Å². The number of aliphatic carboxylic acids is 1. The zero-order valence-corrected chi connectivity index (χ0v) is 11.0. The van der Waals surface area contributed by atoms with Crippen LogP contribution in [0.25, 0.3) is 0 Å². The molecule has 19 heavy (non-hydrogen) atoms. The first-order chi connectivity index (χ1) is 8.90. The number of anilines is 1. The number of thioether (sulfide) groups is 1. The largest absolute Gasteiger partial charge is 0.480 e. The molecule has 1 aromatic heterocycles. The maximum atomic E-state index is 11.6. The van der Waals surface area contributed by atoms with Crippen LogP contribution in [0.3, 0.4) is 0 Å². The molecule has 3 unspecified atom stereocenters. The summed E-state index contributed by atoms with van der Waals surface area (Å²) in [6.07, 6.45) is 1.96. The van der Waals surface area contributed by atoms with Crippen LogP contribution in [-0.2, 0) is 16.1 Å². The van der Waals surface area contributed by atoms with E-state index < -0.39 is 16.8 Å². The Balaban J connectivity index is 1.89. The summed E-state index contributed by atoms with van der Waals surface area (Å²) in [5, 5.41) is 16.9. The molecule has 2 aliphatic heterocycles. The van der Waals surface area contributed by atoms with Crippen LogP contribution in [0.5, 0.6) is 0 Å². The minimum absolute atomic E-state index is 0.0422. The van der Waals surface area contributed by atoms with E-state index in [1.54, 1.807) is 6.20 Å². The monoisotopic (exact) mass is 283 g/mol. The summed E-state index contributed by atoms with van der Waals surface area (Å²) in [7, 11) is 0. The van der Waals surface area contributed by atoms with Crippen LogP contribution in [0.4, 0.5) is 5.82 Å². The molecule has 3 N–H and O–H groups in total. The summed E-state index contributed by atoms with van der Waals surface area (Å²) in [6.45, 7) is 2.18. The maximum Gasteiger partial charge on any atom is 0.327 e. The Bertz CT molecular complexity index is 561. The van der Waals surface area contributed by atoms with Crippen molar-refractivity contribution in [3.05, 3.63) is 6.20 Å². The fourth-order valence-electron chi connectivity index (χ4n) is 2.70. The van der Waals surface area contributed by atoms with E-state index in [4.69, 9.17) is 5.73 Å². The number of nitrogen functional groups attached to an aromatic ring is 1. The number of aromatic nitrogens is 3. The van der Waals surface area contributed by atoms with Crippen LogP contribution >= 0.6 is 11.8 Å². The summed E-state index contributed by atoms with van der Waals surface area (Å²) >= 11 is 1.50. The number of rotatable bonds is 3. The molecule has 1 amide bonds. The van der Waals surface area contributed by atoms with E-state index in [9.17, 15) is 14.7 Å². The third kappa shape index (κ3) is 1.76. The smallest absolute Gasteiger partial charge is 0.327 e. The molecule has 0 radical (unpaired) electrons. The lowest BCUT2D eigenvalue weighted by Gasteiger charge is -2.36. The number of amides is 1. The predicted molar refractivity (Wildman–Crippen MR) is 67.1 cm³/mol. The number of hydrogen-bond donors (Lipinski definition) is 2. The highest BCUT2D eigenvalue weighted by atomic mass is 32.2. The van der Waals surface area contributed by atoms with Gasteiger partial charge in [-0.2, -0.15) is 0 Å². The van der Waals surface area contributed by atoms with Gasteiger partial charge in [-0.05, 0) is 6.92 Å².